The third-order valence-electron chi connectivity index (χ3n) is 5.90. The van der Waals surface area contributed by atoms with Gasteiger partial charge >= 0.3 is 0 Å². The van der Waals surface area contributed by atoms with Crippen molar-refractivity contribution in [2.75, 3.05) is 13.2 Å². The Hall–Kier alpha value is -1.39. The first-order chi connectivity index (χ1) is 15.1. The SMILES string of the molecule is CCCCCCCCCCCCCCC(CC(C)O)C(=O)c1ccc(OCCO)cc1. The summed E-state index contributed by atoms with van der Waals surface area (Å²) >= 11 is 0. The first-order valence-corrected chi connectivity index (χ1v) is 12.6. The molecule has 0 aromatic heterocycles. The number of hydrogen-bond acceptors (Lipinski definition) is 4. The van der Waals surface area contributed by atoms with Gasteiger partial charge in [0.25, 0.3) is 0 Å². The molecule has 1 rings (SSSR count). The molecule has 2 N–H and O–H groups in total. The Kier molecular flexibility index (Phi) is 16.2. The lowest BCUT2D eigenvalue weighted by Gasteiger charge is -2.18. The summed E-state index contributed by atoms with van der Waals surface area (Å²) < 4.78 is 5.36. The van der Waals surface area contributed by atoms with Crippen molar-refractivity contribution in [1.29, 1.82) is 0 Å². The van der Waals surface area contributed by atoms with E-state index in [1.54, 1.807) is 31.2 Å². The maximum atomic E-state index is 12.9. The van der Waals surface area contributed by atoms with Gasteiger partial charge < -0.3 is 14.9 Å². The summed E-state index contributed by atoms with van der Waals surface area (Å²) in [6.07, 6.45) is 16.5. The fourth-order valence-electron chi connectivity index (χ4n) is 4.11. The fourth-order valence-corrected chi connectivity index (χ4v) is 4.11. The highest BCUT2D eigenvalue weighted by Gasteiger charge is 2.21. The second kappa shape index (κ2) is 18.2. The number of aliphatic hydroxyl groups is 2. The highest BCUT2D eigenvalue weighted by molar-refractivity contribution is 5.97. The van der Waals surface area contributed by atoms with Gasteiger partial charge in [-0.1, -0.05) is 84.0 Å². The van der Waals surface area contributed by atoms with Gasteiger partial charge in [0.2, 0.25) is 0 Å². The minimum absolute atomic E-state index is 0.0316. The zero-order valence-electron chi connectivity index (χ0n) is 20.0. The van der Waals surface area contributed by atoms with Crippen molar-refractivity contribution in [3.05, 3.63) is 29.8 Å². The standard InChI is InChI=1S/C27H46O4/c1-3-4-5-6-7-8-9-10-11-12-13-14-15-25(22-23(2)29)27(30)24-16-18-26(19-17-24)31-21-20-28/h16-19,23,25,28-29H,3-15,20-22H2,1-2H3. The predicted octanol–water partition coefficient (Wildman–Crippen LogP) is 6.72. The van der Waals surface area contributed by atoms with Crippen LogP contribution >= 0.6 is 0 Å². The van der Waals surface area contributed by atoms with Gasteiger partial charge in [-0.05, 0) is 44.0 Å². The van der Waals surface area contributed by atoms with Gasteiger partial charge in [0.1, 0.15) is 12.4 Å². The van der Waals surface area contributed by atoms with Gasteiger partial charge in [-0.2, -0.15) is 0 Å². The minimum Gasteiger partial charge on any atom is -0.491 e. The van der Waals surface area contributed by atoms with E-state index in [-0.39, 0.29) is 24.9 Å². The third kappa shape index (κ3) is 13.6. The second-order valence-corrected chi connectivity index (χ2v) is 8.92. The first-order valence-electron chi connectivity index (χ1n) is 12.6. The molecule has 0 aliphatic heterocycles. The molecule has 0 spiro atoms. The number of carbonyl (C=O) groups excluding carboxylic acids is 1. The monoisotopic (exact) mass is 434 g/mol. The molecule has 4 nitrogen and oxygen atoms in total. The number of hydrogen-bond donors (Lipinski definition) is 2. The van der Waals surface area contributed by atoms with Gasteiger partial charge in [-0.3, -0.25) is 4.79 Å². The molecule has 0 aliphatic rings. The van der Waals surface area contributed by atoms with Crippen molar-refractivity contribution >= 4 is 5.78 Å². The number of ketones is 1. The van der Waals surface area contributed by atoms with Crippen molar-refractivity contribution in [2.45, 2.75) is 110 Å². The van der Waals surface area contributed by atoms with Gasteiger partial charge in [0.05, 0.1) is 12.7 Å². The predicted molar refractivity (Wildman–Crippen MR) is 129 cm³/mol. The van der Waals surface area contributed by atoms with Crippen LogP contribution in [-0.2, 0) is 0 Å². The van der Waals surface area contributed by atoms with Crippen LogP contribution in [0.1, 0.15) is 114 Å². The van der Waals surface area contributed by atoms with Gasteiger partial charge in [-0.25, -0.2) is 0 Å². The lowest BCUT2D eigenvalue weighted by atomic mass is 9.88. The molecule has 0 aliphatic carbocycles. The molecule has 2 unspecified atom stereocenters. The summed E-state index contributed by atoms with van der Waals surface area (Å²) in [7, 11) is 0. The van der Waals surface area contributed by atoms with E-state index in [1.165, 1.54) is 64.2 Å². The van der Waals surface area contributed by atoms with E-state index in [1.807, 2.05) is 0 Å². The van der Waals surface area contributed by atoms with E-state index < -0.39 is 6.10 Å². The fraction of sp³-hybridized carbons (Fsp3) is 0.741. The first kappa shape index (κ1) is 27.6. The molecule has 0 bridgehead atoms. The Labute approximate surface area is 190 Å². The van der Waals surface area contributed by atoms with Crippen LogP contribution in [0, 0.1) is 5.92 Å². The lowest BCUT2D eigenvalue weighted by molar-refractivity contribution is 0.0837. The number of benzene rings is 1. The molecule has 0 saturated heterocycles. The van der Waals surface area contributed by atoms with E-state index in [4.69, 9.17) is 9.84 Å². The molecule has 1 aromatic rings. The average Bonchev–Trinajstić information content (AvgIpc) is 2.77. The van der Waals surface area contributed by atoms with Crippen LogP contribution in [0.5, 0.6) is 5.75 Å². The van der Waals surface area contributed by atoms with E-state index >= 15 is 0 Å². The van der Waals surface area contributed by atoms with Crippen LogP contribution in [-0.4, -0.2) is 35.3 Å². The molecule has 31 heavy (non-hydrogen) atoms. The molecule has 0 heterocycles. The quantitative estimate of drug-likeness (QED) is 0.177. The van der Waals surface area contributed by atoms with E-state index in [0.717, 1.165) is 19.3 Å². The highest BCUT2D eigenvalue weighted by Crippen LogP contribution is 2.23. The number of carbonyl (C=O) groups is 1. The summed E-state index contributed by atoms with van der Waals surface area (Å²) in [6, 6.07) is 7.11. The molecule has 1 aromatic carbocycles. The molecule has 0 saturated carbocycles. The summed E-state index contributed by atoms with van der Waals surface area (Å²) in [6.45, 7) is 4.23. The summed E-state index contributed by atoms with van der Waals surface area (Å²) in [4.78, 5) is 12.9. The van der Waals surface area contributed by atoms with E-state index in [0.29, 0.717) is 17.7 Å². The average molecular weight is 435 g/mol. The topological polar surface area (TPSA) is 66.8 Å². The van der Waals surface area contributed by atoms with Crippen molar-refractivity contribution in [1.82, 2.24) is 0 Å². The van der Waals surface area contributed by atoms with Crippen LogP contribution in [0.4, 0.5) is 0 Å². The molecular formula is C27H46O4. The Morgan fingerprint density at radius 1 is 0.871 bits per heavy atom. The highest BCUT2D eigenvalue weighted by atomic mass is 16.5. The normalized spacial score (nSPS) is 13.2. The Balaban J connectivity index is 2.27. The van der Waals surface area contributed by atoms with E-state index in [2.05, 4.69) is 6.92 Å². The number of ether oxygens (including phenoxy) is 1. The third-order valence-corrected chi connectivity index (χ3v) is 5.90. The smallest absolute Gasteiger partial charge is 0.166 e. The van der Waals surface area contributed by atoms with Crippen molar-refractivity contribution in [3.63, 3.8) is 0 Å². The molecule has 4 heteroatoms. The number of Topliss-reactive ketones (excluding diaryl/α,β-unsaturated/α-hetero) is 1. The largest absolute Gasteiger partial charge is 0.491 e. The molecular weight excluding hydrogens is 388 g/mol. The number of aliphatic hydroxyl groups excluding tert-OH is 2. The Morgan fingerprint density at radius 3 is 1.87 bits per heavy atom. The van der Waals surface area contributed by atoms with Crippen LogP contribution in [0.25, 0.3) is 0 Å². The van der Waals surface area contributed by atoms with Gasteiger partial charge in [-0.15, -0.1) is 0 Å². The Morgan fingerprint density at radius 2 is 1.39 bits per heavy atom. The maximum absolute atomic E-state index is 12.9. The zero-order chi connectivity index (χ0) is 22.7. The van der Waals surface area contributed by atoms with E-state index in [9.17, 15) is 9.90 Å². The minimum atomic E-state index is -0.474. The summed E-state index contributed by atoms with van der Waals surface area (Å²) in [5, 5.41) is 18.7. The van der Waals surface area contributed by atoms with Crippen LogP contribution in [0.3, 0.4) is 0 Å². The maximum Gasteiger partial charge on any atom is 0.166 e. The van der Waals surface area contributed by atoms with Gasteiger partial charge in [0.15, 0.2) is 5.78 Å². The number of rotatable bonds is 20. The zero-order valence-corrected chi connectivity index (χ0v) is 20.0. The van der Waals surface area contributed by atoms with Crippen molar-refractivity contribution in [3.8, 4) is 5.75 Å². The number of unbranched alkanes of at least 4 members (excludes halogenated alkanes) is 11. The molecule has 0 radical (unpaired) electrons. The molecule has 0 amide bonds. The van der Waals surface area contributed by atoms with Gasteiger partial charge in [0, 0.05) is 11.5 Å². The van der Waals surface area contributed by atoms with Crippen molar-refractivity contribution < 1.29 is 19.7 Å². The van der Waals surface area contributed by atoms with Crippen LogP contribution < -0.4 is 4.74 Å². The van der Waals surface area contributed by atoms with Crippen LogP contribution in [0.2, 0.25) is 0 Å². The summed E-state index contributed by atoms with van der Waals surface area (Å²) in [5.41, 5.74) is 0.668. The molecule has 178 valence electrons. The van der Waals surface area contributed by atoms with Crippen LogP contribution in [0.15, 0.2) is 24.3 Å². The molecule has 0 fully saturated rings. The summed E-state index contributed by atoms with van der Waals surface area (Å²) in [5.74, 6) is 0.628. The van der Waals surface area contributed by atoms with Crippen molar-refractivity contribution in [2.24, 2.45) is 5.92 Å². The Bertz CT molecular complexity index is 553. The molecule has 2 atom stereocenters. The lowest BCUT2D eigenvalue weighted by Crippen LogP contribution is -2.20. The second-order valence-electron chi connectivity index (χ2n) is 8.92.